The monoisotopic (exact) mass is 288 g/mol. The second-order valence-electron chi connectivity index (χ2n) is 5.52. The number of allylic oxidation sites excluding steroid dienone is 2. The van der Waals surface area contributed by atoms with Crippen LogP contribution in [0.4, 0.5) is 0 Å². The fourth-order valence-electron chi connectivity index (χ4n) is 2.39. The zero-order valence-electron chi connectivity index (χ0n) is 12.8. The first-order valence-electron chi connectivity index (χ1n) is 7.64. The maximum Gasteiger partial charge on any atom is 0.276 e. The van der Waals surface area contributed by atoms with Crippen molar-refractivity contribution in [3.8, 4) is 5.75 Å². The van der Waals surface area contributed by atoms with E-state index in [9.17, 15) is 4.79 Å². The number of hydrogen-bond donors (Lipinski definition) is 2. The number of nitrogens with one attached hydrogen (secondary N) is 2. The van der Waals surface area contributed by atoms with Crippen LogP contribution >= 0.6 is 0 Å². The average molecular weight is 288 g/mol. The normalized spacial score (nSPS) is 17.8. The summed E-state index contributed by atoms with van der Waals surface area (Å²) < 4.78 is 5.46. The Morgan fingerprint density at radius 1 is 1.33 bits per heavy atom. The van der Waals surface area contributed by atoms with Gasteiger partial charge in [0.2, 0.25) is 0 Å². The zero-order valence-corrected chi connectivity index (χ0v) is 12.8. The van der Waals surface area contributed by atoms with Crippen LogP contribution in [-0.4, -0.2) is 12.5 Å². The minimum Gasteiger partial charge on any atom is -0.484 e. The van der Waals surface area contributed by atoms with Crippen molar-refractivity contribution in [3.05, 3.63) is 41.6 Å². The highest BCUT2D eigenvalue weighted by molar-refractivity contribution is 5.77. The van der Waals surface area contributed by atoms with Gasteiger partial charge in [0.15, 0.2) is 6.61 Å². The molecule has 0 aliphatic heterocycles. The van der Waals surface area contributed by atoms with E-state index in [1.807, 2.05) is 24.3 Å². The lowest BCUT2D eigenvalue weighted by molar-refractivity contribution is -0.123. The number of rotatable bonds is 6. The molecule has 4 heteroatoms. The van der Waals surface area contributed by atoms with E-state index in [1.165, 1.54) is 12.0 Å². The Morgan fingerprint density at radius 3 is 2.76 bits per heavy atom. The fourth-order valence-corrected chi connectivity index (χ4v) is 2.39. The van der Waals surface area contributed by atoms with Gasteiger partial charge in [-0.25, -0.2) is 0 Å². The quantitative estimate of drug-likeness (QED) is 0.791. The Balaban J connectivity index is 1.71. The van der Waals surface area contributed by atoms with Gasteiger partial charge in [0, 0.05) is 5.70 Å². The molecule has 1 aliphatic rings. The Kier molecular flexibility index (Phi) is 5.67. The molecule has 1 amide bonds. The molecule has 0 bridgehead atoms. The Morgan fingerprint density at radius 2 is 2.10 bits per heavy atom. The first-order valence-corrected chi connectivity index (χ1v) is 7.64. The van der Waals surface area contributed by atoms with Gasteiger partial charge < -0.3 is 10.2 Å². The van der Waals surface area contributed by atoms with E-state index in [0.717, 1.165) is 25.0 Å². The van der Waals surface area contributed by atoms with Gasteiger partial charge in [-0.05, 0) is 49.3 Å². The fraction of sp³-hybridized carbons (Fsp3) is 0.471. The summed E-state index contributed by atoms with van der Waals surface area (Å²) >= 11 is 0. The summed E-state index contributed by atoms with van der Waals surface area (Å²) in [5, 5.41) is 0. The zero-order chi connectivity index (χ0) is 15.1. The molecule has 1 aromatic carbocycles. The van der Waals surface area contributed by atoms with Crippen LogP contribution in [0.1, 0.15) is 38.7 Å². The summed E-state index contributed by atoms with van der Waals surface area (Å²) in [6.45, 7) is 4.31. The van der Waals surface area contributed by atoms with Crippen molar-refractivity contribution in [1.29, 1.82) is 0 Å². The molecule has 0 spiro atoms. The van der Waals surface area contributed by atoms with Crippen molar-refractivity contribution in [1.82, 2.24) is 10.9 Å². The predicted molar refractivity (Wildman–Crippen MR) is 83.7 cm³/mol. The lowest BCUT2D eigenvalue weighted by Gasteiger charge is -2.19. The maximum atomic E-state index is 11.7. The third kappa shape index (κ3) is 5.14. The standard InChI is InChI=1S/C17H24N2O2/c1-3-14-7-9-16(10-8-14)21-12-17(20)19-18-15-6-4-5-13(2)11-15/h7-11,13,18H,3-6,12H2,1-2H3,(H,19,20)/t13-/m0/s1. The topological polar surface area (TPSA) is 50.4 Å². The SMILES string of the molecule is CCc1ccc(OCC(=O)NNC2=C[C@@H](C)CCC2)cc1. The Labute approximate surface area is 126 Å². The van der Waals surface area contributed by atoms with Crippen molar-refractivity contribution < 1.29 is 9.53 Å². The number of carbonyl (C=O) groups excluding carboxylic acids is 1. The highest BCUT2D eigenvalue weighted by Gasteiger charge is 2.10. The van der Waals surface area contributed by atoms with Crippen molar-refractivity contribution in [3.63, 3.8) is 0 Å². The molecule has 0 saturated carbocycles. The number of ether oxygens (including phenoxy) is 1. The lowest BCUT2D eigenvalue weighted by atomic mass is 9.96. The van der Waals surface area contributed by atoms with Crippen LogP contribution in [0.25, 0.3) is 0 Å². The maximum absolute atomic E-state index is 11.7. The van der Waals surface area contributed by atoms with Crippen LogP contribution in [0.5, 0.6) is 5.75 Å². The van der Waals surface area contributed by atoms with E-state index in [0.29, 0.717) is 11.7 Å². The van der Waals surface area contributed by atoms with Crippen LogP contribution < -0.4 is 15.6 Å². The van der Waals surface area contributed by atoms with E-state index in [1.54, 1.807) is 0 Å². The predicted octanol–water partition coefficient (Wildman–Crippen LogP) is 2.95. The summed E-state index contributed by atoms with van der Waals surface area (Å²) in [5.41, 5.74) is 8.02. The number of amides is 1. The largest absolute Gasteiger partial charge is 0.484 e. The summed E-state index contributed by atoms with van der Waals surface area (Å²) in [6.07, 6.45) is 6.54. The van der Waals surface area contributed by atoms with Gasteiger partial charge in [0.25, 0.3) is 5.91 Å². The molecule has 4 nitrogen and oxygen atoms in total. The van der Waals surface area contributed by atoms with Crippen LogP contribution in [-0.2, 0) is 11.2 Å². The molecule has 0 aromatic heterocycles. The second kappa shape index (κ2) is 7.72. The molecule has 0 saturated heterocycles. The van der Waals surface area contributed by atoms with E-state index in [-0.39, 0.29) is 12.5 Å². The minimum absolute atomic E-state index is 0.0152. The average Bonchev–Trinajstić information content (AvgIpc) is 2.51. The number of hydrogen-bond acceptors (Lipinski definition) is 3. The van der Waals surface area contributed by atoms with Crippen molar-refractivity contribution in [2.24, 2.45) is 5.92 Å². The molecular weight excluding hydrogens is 264 g/mol. The van der Waals surface area contributed by atoms with Crippen LogP contribution in [0, 0.1) is 5.92 Å². The number of benzene rings is 1. The molecule has 0 radical (unpaired) electrons. The third-order valence-corrected chi connectivity index (χ3v) is 3.66. The number of carbonyl (C=O) groups is 1. The minimum atomic E-state index is -0.173. The summed E-state index contributed by atoms with van der Waals surface area (Å²) in [6, 6.07) is 7.81. The van der Waals surface area contributed by atoms with E-state index >= 15 is 0 Å². The van der Waals surface area contributed by atoms with E-state index < -0.39 is 0 Å². The van der Waals surface area contributed by atoms with Crippen molar-refractivity contribution in [2.45, 2.75) is 39.5 Å². The molecule has 2 N–H and O–H groups in total. The molecule has 0 fully saturated rings. The van der Waals surface area contributed by atoms with Gasteiger partial charge in [-0.1, -0.05) is 32.1 Å². The first-order chi connectivity index (χ1) is 10.2. The molecule has 0 heterocycles. The molecule has 1 atom stereocenters. The van der Waals surface area contributed by atoms with Gasteiger partial charge in [-0.2, -0.15) is 0 Å². The van der Waals surface area contributed by atoms with Crippen LogP contribution in [0.2, 0.25) is 0 Å². The molecular formula is C17H24N2O2. The molecule has 114 valence electrons. The summed E-state index contributed by atoms with van der Waals surface area (Å²) in [4.78, 5) is 11.7. The van der Waals surface area contributed by atoms with Gasteiger partial charge in [-0.15, -0.1) is 0 Å². The molecule has 1 aliphatic carbocycles. The van der Waals surface area contributed by atoms with E-state index in [2.05, 4.69) is 30.8 Å². The van der Waals surface area contributed by atoms with Crippen molar-refractivity contribution in [2.75, 3.05) is 6.61 Å². The molecule has 21 heavy (non-hydrogen) atoms. The Hall–Kier alpha value is -1.97. The van der Waals surface area contributed by atoms with Gasteiger partial charge in [0.1, 0.15) is 5.75 Å². The molecule has 0 unspecified atom stereocenters. The highest BCUT2D eigenvalue weighted by Crippen LogP contribution is 2.19. The van der Waals surface area contributed by atoms with Gasteiger partial charge >= 0.3 is 0 Å². The van der Waals surface area contributed by atoms with Crippen molar-refractivity contribution >= 4 is 5.91 Å². The van der Waals surface area contributed by atoms with Crippen LogP contribution in [0.3, 0.4) is 0 Å². The van der Waals surface area contributed by atoms with Crippen LogP contribution in [0.15, 0.2) is 36.0 Å². The molecule has 1 aromatic rings. The van der Waals surface area contributed by atoms with Gasteiger partial charge in [0.05, 0.1) is 0 Å². The number of aryl methyl sites for hydroxylation is 1. The summed E-state index contributed by atoms with van der Waals surface area (Å²) in [5.74, 6) is 1.12. The smallest absolute Gasteiger partial charge is 0.276 e. The summed E-state index contributed by atoms with van der Waals surface area (Å²) in [7, 11) is 0. The Bertz CT molecular complexity index is 494. The van der Waals surface area contributed by atoms with Gasteiger partial charge in [-0.3, -0.25) is 10.2 Å². The lowest BCUT2D eigenvalue weighted by Crippen LogP contribution is -2.40. The second-order valence-corrected chi connectivity index (χ2v) is 5.52. The van der Waals surface area contributed by atoms with E-state index in [4.69, 9.17) is 4.74 Å². The third-order valence-electron chi connectivity index (χ3n) is 3.66. The highest BCUT2D eigenvalue weighted by atomic mass is 16.5. The molecule has 2 rings (SSSR count). The number of hydrazine groups is 1. The first kappa shape index (κ1) is 15.4.